The van der Waals surface area contributed by atoms with Gasteiger partial charge >= 0.3 is 0 Å². The number of rotatable bonds is 5. The van der Waals surface area contributed by atoms with Crippen molar-refractivity contribution >= 4 is 0 Å². The number of ether oxygens (including phenoxy) is 1. The molecule has 1 atom stereocenters. The van der Waals surface area contributed by atoms with Gasteiger partial charge in [-0.3, -0.25) is 22.9 Å². The predicted molar refractivity (Wildman–Crippen MR) is 62.6 cm³/mol. The average Bonchev–Trinajstić information content (AvgIpc) is 2.17. The number of aliphatic hydroxyl groups is 2. The molecule has 0 aromatic rings. The van der Waals surface area contributed by atoms with E-state index < -0.39 is 17.8 Å². The Bertz CT molecular complexity index is 160. The van der Waals surface area contributed by atoms with Crippen LogP contribution in [0.2, 0.25) is 0 Å². The fourth-order valence-electron chi connectivity index (χ4n) is 0.498. The van der Waals surface area contributed by atoms with Gasteiger partial charge < -0.3 is 14.9 Å². The zero-order chi connectivity index (χ0) is 13.4. The highest BCUT2D eigenvalue weighted by atomic mass is 16.6. The molecule has 0 amide bonds. The molecular formula is C9H26N4O3. The molecule has 0 aliphatic heterocycles. The molecule has 7 nitrogen and oxygen atoms in total. The Morgan fingerprint density at radius 2 is 1.31 bits per heavy atom. The zero-order valence-corrected chi connectivity index (χ0v) is 10.3. The topological polar surface area (TPSA) is 154 Å². The molecule has 0 saturated carbocycles. The molecule has 0 fully saturated rings. The highest BCUT2D eigenvalue weighted by Gasteiger charge is 2.28. The van der Waals surface area contributed by atoms with Crippen molar-refractivity contribution in [1.29, 1.82) is 0 Å². The molecule has 0 saturated heterocycles. The molecule has 7 heteroatoms. The van der Waals surface area contributed by atoms with Gasteiger partial charge in [-0.2, -0.15) is 0 Å². The number of hydrogen-bond donors (Lipinski definition) is 6. The van der Waals surface area contributed by atoms with E-state index >= 15 is 0 Å². The summed E-state index contributed by atoms with van der Waals surface area (Å²) in [7, 11) is 0. The lowest BCUT2D eigenvalue weighted by atomic mass is 10.3. The van der Waals surface area contributed by atoms with E-state index in [2.05, 4.69) is 0 Å². The molecule has 0 aromatic carbocycles. The van der Waals surface area contributed by atoms with Crippen LogP contribution in [0.3, 0.4) is 0 Å². The number of nitrogens with two attached hydrogens (primary N) is 4. The SMILES string of the molecule is CC(O)CO.CCC(N)(N)OC(N)(N)CC. The Labute approximate surface area is 96.7 Å². The maximum atomic E-state index is 8.11. The van der Waals surface area contributed by atoms with Gasteiger partial charge in [0.05, 0.1) is 12.7 Å². The van der Waals surface area contributed by atoms with E-state index in [0.29, 0.717) is 12.8 Å². The molecule has 0 radical (unpaired) electrons. The van der Waals surface area contributed by atoms with Crippen LogP contribution in [0.1, 0.15) is 33.6 Å². The van der Waals surface area contributed by atoms with Gasteiger partial charge in [0.1, 0.15) is 0 Å². The first kappa shape index (κ1) is 18.1. The Morgan fingerprint density at radius 1 is 1.06 bits per heavy atom. The van der Waals surface area contributed by atoms with Crippen molar-refractivity contribution in [2.24, 2.45) is 22.9 Å². The van der Waals surface area contributed by atoms with Gasteiger partial charge in [0.25, 0.3) is 0 Å². The highest BCUT2D eigenvalue weighted by molar-refractivity contribution is 4.69. The molecule has 1 unspecified atom stereocenters. The first-order valence-electron chi connectivity index (χ1n) is 5.24. The summed E-state index contributed by atoms with van der Waals surface area (Å²) in [5.41, 5.74) is 21.9. The summed E-state index contributed by atoms with van der Waals surface area (Å²) in [6, 6.07) is 0. The van der Waals surface area contributed by atoms with Crippen LogP contribution in [-0.2, 0) is 4.74 Å². The van der Waals surface area contributed by atoms with Crippen molar-refractivity contribution in [2.75, 3.05) is 6.61 Å². The van der Waals surface area contributed by atoms with Gasteiger partial charge in [-0.25, -0.2) is 0 Å². The molecule has 10 N–H and O–H groups in total. The Hall–Kier alpha value is -0.280. The van der Waals surface area contributed by atoms with Gasteiger partial charge in [-0.1, -0.05) is 13.8 Å². The summed E-state index contributed by atoms with van der Waals surface area (Å²) in [4.78, 5) is 0. The first-order chi connectivity index (χ1) is 7.10. The summed E-state index contributed by atoms with van der Waals surface area (Å²) in [6.45, 7) is 4.98. The molecule has 0 aromatic heterocycles. The maximum Gasteiger partial charge on any atom is 0.173 e. The number of aliphatic hydroxyl groups excluding tert-OH is 2. The third-order valence-corrected chi connectivity index (χ3v) is 1.75. The van der Waals surface area contributed by atoms with Gasteiger partial charge in [0.2, 0.25) is 0 Å². The minimum absolute atomic E-state index is 0.139. The van der Waals surface area contributed by atoms with Crippen LogP contribution in [-0.4, -0.2) is 34.6 Å². The molecular weight excluding hydrogens is 212 g/mol. The summed E-state index contributed by atoms with van der Waals surface area (Å²) >= 11 is 0. The first-order valence-corrected chi connectivity index (χ1v) is 5.24. The number of hydrogen-bond acceptors (Lipinski definition) is 7. The van der Waals surface area contributed by atoms with Gasteiger partial charge in [0.15, 0.2) is 11.7 Å². The van der Waals surface area contributed by atoms with Crippen molar-refractivity contribution in [1.82, 2.24) is 0 Å². The molecule has 16 heavy (non-hydrogen) atoms. The molecule has 0 spiro atoms. The molecule has 0 rings (SSSR count). The third kappa shape index (κ3) is 11.8. The van der Waals surface area contributed by atoms with E-state index in [1.165, 1.54) is 6.92 Å². The van der Waals surface area contributed by atoms with E-state index in [4.69, 9.17) is 37.9 Å². The van der Waals surface area contributed by atoms with Crippen LogP contribution in [0.5, 0.6) is 0 Å². The van der Waals surface area contributed by atoms with E-state index in [-0.39, 0.29) is 6.61 Å². The lowest BCUT2D eigenvalue weighted by Gasteiger charge is -2.33. The second kappa shape index (κ2) is 7.91. The van der Waals surface area contributed by atoms with Crippen molar-refractivity contribution in [3.05, 3.63) is 0 Å². The normalized spacial score (nSPS) is 14.1. The zero-order valence-electron chi connectivity index (χ0n) is 10.3. The van der Waals surface area contributed by atoms with Crippen molar-refractivity contribution in [2.45, 2.75) is 51.4 Å². The molecule has 0 heterocycles. The van der Waals surface area contributed by atoms with Gasteiger partial charge in [-0.15, -0.1) is 0 Å². The Balaban J connectivity index is 0. The average molecular weight is 238 g/mol. The Kier molecular flexibility index (Phi) is 8.94. The van der Waals surface area contributed by atoms with Crippen molar-refractivity contribution < 1.29 is 14.9 Å². The summed E-state index contributed by atoms with van der Waals surface area (Å²) in [5.74, 6) is -2.45. The second-order valence-corrected chi connectivity index (χ2v) is 3.75. The lowest BCUT2D eigenvalue weighted by molar-refractivity contribution is -0.151. The molecule has 100 valence electrons. The van der Waals surface area contributed by atoms with E-state index in [9.17, 15) is 0 Å². The fourth-order valence-corrected chi connectivity index (χ4v) is 0.498. The predicted octanol–water partition coefficient (Wildman–Crippen LogP) is -1.68. The van der Waals surface area contributed by atoms with E-state index in [1.54, 1.807) is 13.8 Å². The van der Waals surface area contributed by atoms with Crippen LogP contribution in [0, 0.1) is 0 Å². The van der Waals surface area contributed by atoms with Crippen LogP contribution in [0.4, 0.5) is 0 Å². The van der Waals surface area contributed by atoms with E-state index in [1.807, 2.05) is 0 Å². The summed E-state index contributed by atoms with van der Waals surface area (Å²) in [6.07, 6.45) is 0.363. The quantitative estimate of drug-likeness (QED) is 0.313. The Morgan fingerprint density at radius 3 is 1.44 bits per heavy atom. The molecule has 0 aliphatic carbocycles. The minimum Gasteiger partial charge on any atom is -0.394 e. The summed E-state index contributed by atoms with van der Waals surface area (Å²) in [5, 5.41) is 16.0. The molecule has 0 bridgehead atoms. The van der Waals surface area contributed by atoms with Crippen LogP contribution < -0.4 is 22.9 Å². The smallest absolute Gasteiger partial charge is 0.173 e. The van der Waals surface area contributed by atoms with Crippen LogP contribution >= 0.6 is 0 Å². The van der Waals surface area contributed by atoms with Gasteiger partial charge in [-0.05, 0) is 6.92 Å². The standard InChI is InChI=1S/C6H18N4O.C3H8O2/c1-3-5(7,8)11-6(9,10)4-2;1-3(5)2-4/h3-4,7-10H2,1-2H3;3-5H,2H2,1H3. The molecule has 0 aliphatic rings. The fraction of sp³-hybridized carbons (Fsp3) is 1.00. The lowest BCUT2D eigenvalue weighted by Crippen LogP contribution is -2.63. The third-order valence-electron chi connectivity index (χ3n) is 1.75. The highest BCUT2D eigenvalue weighted by Crippen LogP contribution is 2.08. The maximum absolute atomic E-state index is 8.11. The van der Waals surface area contributed by atoms with E-state index in [0.717, 1.165) is 0 Å². The largest absolute Gasteiger partial charge is 0.394 e. The monoisotopic (exact) mass is 238 g/mol. The van der Waals surface area contributed by atoms with Crippen LogP contribution in [0.15, 0.2) is 0 Å². The van der Waals surface area contributed by atoms with Gasteiger partial charge in [0, 0.05) is 12.8 Å². The van der Waals surface area contributed by atoms with Crippen LogP contribution in [0.25, 0.3) is 0 Å². The van der Waals surface area contributed by atoms with Crippen molar-refractivity contribution in [3.8, 4) is 0 Å². The van der Waals surface area contributed by atoms with Crippen molar-refractivity contribution in [3.63, 3.8) is 0 Å². The summed E-state index contributed by atoms with van der Waals surface area (Å²) < 4.78 is 5.03. The second-order valence-electron chi connectivity index (χ2n) is 3.75. The minimum atomic E-state index is -1.22.